The first-order valence-electron chi connectivity index (χ1n) is 5.80. The Balaban J connectivity index is 1.83. The van der Waals surface area contributed by atoms with Crippen LogP contribution in [0.15, 0.2) is 64.7 Å². The maximum atomic E-state index is 12.1. The van der Waals surface area contributed by atoms with Crippen molar-refractivity contribution in [2.75, 3.05) is 4.72 Å². The van der Waals surface area contributed by atoms with E-state index in [1.165, 1.54) is 11.3 Å². The number of thiophene rings is 1. The van der Waals surface area contributed by atoms with E-state index in [1.54, 1.807) is 42.2 Å². The average Bonchev–Trinajstić information content (AvgIpc) is 3.13. The van der Waals surface area contributed by atoms with Crippen LogP contribution in [0.5, 0.6) is 0 Å². The highest BCUT2D eigenvalue weighted by atomic mass is 32.2. The van der Waals surface area contributed by atoms with Crippen LogP contribution in [0, 0.1) is 0 Å². The highest BCUT2D eigenvalue weighted by molar-refractivity contribution is 7.94. The fraction of sp³-hybridized carbons (Fsp3) is 0. The van der Waals surface area contributed by atoms with Crippen LogP contribution in [-0.4, -0.2) is 18.0 Å². The first-order valence-corrected chi connectivity index (χ1v) is 8.16. The SMILES string of the molecule is O=S(=O)(Nc1ccc(-n2ccnc2)cc1)c1cccs1. The summed E-state index contributed by atoms with van der Waals surface area (Å²) in [6.07, 6.45) is 5.20. The molecule has 0 aliphatic heterocycles. The Morgan fingerprint density at radius 2 is 1.95 bits per heavy atom. The summed E-state index contributed by atoms with van der Waals surface area (Å²) in [6.45, 7) is 0. The second kappa shape index (κ2) is 5.10. The lowest BCUT2D eigenvalue weighted by Gasteiger charge is -2.07. The summed E-state index contributed by atoms with van der Waals surface area (Å²) < 4.78 is 28.8. The van der Waals surface area contributed by atoms with Gasteiger partial charge in [0.2, 0.25) is 0 Å². The summed E-state index contributed by atoms with van der Waals surface area (Å²) >= 11 is 1.19. The van der Waals surface area contributed by atoms with Crippen molar-refractivity contribution in [3.63, 3.8) is 0 Å². The minimum absolute atomic E-state index is 0.302. The number of anilines is 1. The van der Waals surface area contributed by atoms with Gasteiger partial charge in [-0.15, -0.1) is 11.3 Å². The van der Waals surface area contributed by atoms with Gasteiger partial charge in [-0.1, -0.05) is 6.07 Å². The van der Waals surface area contributed by atoms with Gasteiger partial charge in [0.1, 0.15) is 4.21 Å². The molecule has 0 amide bonds. The summed E-state index contributed by atoms with van der Waals surface area (Å²) in [7, 11) is -3.49. The van der Waals surface area contributed by atoms with Crippen LogP contribution >= 0.6 is 11.3 Å². The molecule has 0 atom stereocenters. The van der Waals surface area contributed by atoms with Gasteiger partial charge in [-0.3, -0.25) is 4.72 Å². The van der Waals surface area contributed by atoms with Crippen molar-refractivity contribution in [3.8, 4) is 5.69 Å². The minimum atomic E-state index is -3.49. The van der Waals surface area contributed by atoms with Crippen molar-refractivity contribution in [2.24, 2.45) is 0 Å². The fourth-order valence-corrected chi connectivity index (χ4v) is 3.79. The third-order valence-electron chi connectivity index (χ3n) is 2.68. The Morgan fingerprint density at radius 3 is 2.55 bits per heavy atom. The summed E-state index contributed by atoms with van der Waals surface area (Å²) in [5.41, 5.74) is 1.45. The lowest BCUT2D eigenvalue weighted by molar-refractivity contribution is 0.603. The molecule has 1 N–H and O–H groups in total. The van der Waals surface area contributed by atoms with Crippen LogP contribution in [0.25, 0.3) is 5.69 Å². The third kappa shape index (κ3) is 2.59. The number of aromatic nitrogens is 2. The van der Waals surface area contributed by atoms with Crippen LogP contribution in [0.1, 0.15) is 0 Å². The Morgan fingerprint density at radius 1 is 1.15 bits per heavy atom. The van der Waals surface area contributed by atoms with Crippen molar-refractivity contribution in [2.45, 2.75) is 4.21 Å². The van der Waals surface area contributed by atoms with E-state index in [0.29, 0.717) is 9.90 Å². The number of hydrogen-bond acceptors (Lipinski definition) is 4. The van der Waals surface area contributed by atoms with Gasteiger partial charge in [0.05, 0.1) is 6.33 Å². The zero-order valence-corrected chi connectivity index (χ0v) is 11.9. The smallest absolute Gasteiger partial charge is 0.271 e. The van der Waals surface area contributed by atoms with E-state index in [1.807, 2.05) is 22.9 Å². The van der Waals surface area contributed by atoms with Crippen molar-refractivity contribution in [1.82, 2.24) is 9.55 Å². The highest BCUT2D eigenvalue weighted by Gasteiger charge is 2.14. The number of nitrogens with zero attached hydrogens (tertiary/aromatic N) is 2. The molecule has 1 aromatic carbocycles. The first-order chi connectivity index (χ1) is 9.65. The van der Waals surface area contributed by atoms with Gasteiger partial charge in [0, 0.05) is 23.8 Å². The molecule has 5 nitrogen and oxygen atoms in total. The van der Waals surface area contributed by atoms with Gasteiger partial charge >= 0.3 is 0 Å². The molecule has 2 heterocycles. The van der Waals surface area contributed by atoms with Crippen molar-refractivity contribution in [3.05, 3.63) is 60.5 Å². The summed E-state index contributed by atoms with van der Waals surface area (Å²) in [4.78, 5) is 3.97. The van der Waals surface area contributed by atoms with Crippen LogP contribution < -0.4 is 4.72 Å². The molecule has 0 saturated heterocycles. The van der Waals surface area contributed by atoms with E-state index in [9.17, 15) is 8.42 Å². The van der Waals surface area contributed by atoms with E-state index < -0.39 is 10.0 Å². The van der Waals surface area contributed by atoms with Gasteiger partial charge < -0.3 is 4.57 Å². The van der Waals surface area contributed by atoms with Gasteiger partial charge in [0.25, 0.3) is 10.0 Å². The monoisotopic (exact) mass is 305 g/mol. The van der Waals surface area contributed by atoms with Crippen LogP contribution in [0.4, 0.5) is 5.69 Å². The summed E-state index contributed by atoms with van der Waals surface area (Å²) in [5.74, 6) is 0. The predicted molar refractivity (Wildman–Crippen MR) is 78.7 cm³/mol. The van der Waals surface area contributed by atoms with E-state index in [-0.39, 0.29) is 0 Å². The number of imidazole rings is 1. The van der Waals surface area contributed by atoms with Crippen molar-refractivity contribution < 1.29 is 8.42 Å². The van der Waals surface area contributed by atoms with Crippen LogP contribution in [0.3, 0.4) is 0 Å². The predicted octanol–water partition coefficient (Wildman–Crippen LogP) is 2.73. The second-order valence-corrected chi connectivity index (χ2v) is 6.91. The topological polar surface area (TPSA) is 64.0 Å². The zero-order valence-electron chi connectivity index (χ0n) is 10.3. The Kier molecular flexibility index (Phi) is 3.29. The van der Waals surface area contributed by atoms with Crippen LogP contribution in [-0.2, 0) is 10.0 Å². The maximum Gasteiger partial charge on any atom is 0.271 e. The molecule has 102 valence electrons. The number of benzene rings is 1. The number of nitrogens with one attached hydrogen (secondary N) is 1. The number of sulfonamides is 1. The summed E-state index contributed by atoms with van der Waals surface area (Å²) in [5, 5.41) is 1.73. The van der Waals surface area contributed by atoms with E-state index in [0.717, 1.165) is 5.69 Å². The van der Waals surface area contributed by atoms with Gasteiger partial charge in [-0.05, 0) is 35.7 Å². The van der Waals surface area contributed by atoms with Gasteiger partial charge in [-0.2, -0.15) is 0 Å². The van der Waals surface area contributed by atoms with Crippen molar-refractivity contribution >= 4 is 27.0 Å². The maximum absolute atomic E-state index is 12.1. The average molecular weight is 305 g/mol. The third-order valence-corrected chi connectivity index (χ3v) is 5.46. The molecule has 3 rings (SSSR count). The van der Waals surface area contributed by atoms with Crippen molar-refractivity contribution in [1.29, 1.82) is 0 Å². The van der Waals surface area contributed by atoms with Gasteiger partial charge in [-0.25, -0.2) is 13.4 Å². The molecule has 3 aromatic rings. The fourth-order valence-electron chi connectivity index (χ4n) is 1.74. The number of hydrogen-bond donors (Lipinski definition) is 1. The molecule has 0 bridgehead atoms. The molecular formula is C13H11N3O2S2. The molecule has 0 unspecified atom stereocenters. The van der Waals surface area contributed by atoms with E-state index >= 15 is 0 Å². The molecule has 7 heteroatoms. The van der Waals surface area contributed by atoms with E-state index in [4.69, 9.17) is 0 Å². The Labute approximate surface area is 120 Å². The Bertz CT molecular complexity index is 777. The van der Waals surface area contributed by atoms with E-state index in [2.05, 4.69) is 9.71 Å². The van der Waals surface area contributed by atoms with Crippen LogP contribution in [0.2, 0.25) is 0 Å². The molecule has 2 aromatic heterocycles. The quantitative estimate of drug-likeness (QED) is 0.806. The Hall–Kier alpha value is -2.12. The summed E-state index contributed by atoms with van der Waals surface area (Å²) in [6, 6.07) is 10.4. The molecule has 0 saturated carbocycles. The number of rotatable bonds is 4. The minimum Gasteiger partial charge on any atom is -0.306 e. The molecule has 20 heavy (non-hydrogen) atoms. The highest BCUT2D eigenvalue weighted by Crippen LogP contribution is 2.21. The lowest BCUT2D eigenvalue weighted by atomic mass is 10.3. The standard InChI is InChI=1S/C13H11N3O2S2/c17-20(18,13-2-1-9-19-13)15-11-3-5-12(6-4-11)16-8-7-14-10-16/h1-10,15H. The molecule has 0 aliphatic rings. The molecule has 0 spiro atoms. The largest absolute Gasteiger partial charge is 0.306 e. The molecule has 0 fully saturated rings. The molecule has 0 radical (unpaired) electrons. The lowest BCUT2D eigenvalue weighted by Crippen LogP contribution is -2.11. The zero-order chi connectivity index (χ0) is 14.0. The molecular weight excluding hydrogens is 294 g/mol. The van der Waals surface area contributed by atoms with Gasteiger partial charge in [0.15, 0.2) is 0 Å². The first kappa shape index (κ1) is 12.9. The normalized spacial score (nSPS) is 11.4. The molecule has 0 aliphatic carbocycles. The second-order valence-electron chi connectivity index (χ2n) is 4.05.